The number of rotatable bonds is 2. The number of nitrogens with two attached hydrogens (primary N) is 1. The Kier molecular flexibility index (Phi) is 3.96. The third-order valence-electron chi connectivity index (χ3n) is 5.15. The Balaban J connectivity index is 1.87. The van der Waals surface area contributed by atoms with Crippen LogP contribution in [0.15, 0.2) is 12.3 Å². The van der Waals surface area contributed by atoms with Crippen molar-refractivity contribution in [3.8, 4) is 0 Å². The molecule has 21 heavy (non-hydrogen) atoms. The lowest BCUT2D eigenvalue weighted by Gasteiger charge is -2.44. The molecule has 3 rings (SSSR count). The zero-order valence-corrected chi connectivity index (χ0v) is 13.2. The van der Waals surface area contributed by atoms with Crippen molar-refractivity contribution in [3.05, 3.63) is 18.0 Å². The van der Waals surface area contributed by atoms with Gasteiger partial charge in [0.25, 0.3) is 5.91 Å². The first-order valence-electron chi connectivity index (χ1n) is 8.36. The zero-order chi connectivity index (χ0) is 15.0. The highest BCUT2D eigenvalue weighted by atomic mass is 16.2. The smallest absolute Gasteiger partial charge is 0.270 e. The molecule has 1 aromatic heterocycles. The van der Waals surface area contributed by atoms with Gasteiger partial charge in [-0.05, 0) is 51.5 Å². The molecule has 1 saturated heterocycles. The molecular formula is C17H27N3O. The summed E-state index contributed by atoms with van der Waals surface area (Å²) < 4.78 is 2.02. The largest absolute Gasteiger partial charge is 0.397 e. The van der Waals surface area contributed by atoms with Crippen molar-refractivity contribution in [1.29, 1.82) is 0 Å². The summed E-state index contributed by atoms with van der Waals surface area (Å²) in [6.45, 7) is 5.09. The van der Waals surface area contributed by atoms with Gasteiger partial charge in [0.05, 0.1) is 5.69 Å². The Bertz CT molecular complexity index is 518. The van der Waals surface area contributed by atoms with E-state index in [1.54, 1.807) is 0 Å². The normalized spacial score (nSPS) is 26.0. The van der Waals surface area contributed by atoms with Crippen LogP contribution >= 0.6 is 0 Å². The number of amides is 1. The summed E-state index contributed by atoms with van der Waals surface area (Å²) in [5.74, 6) is 0.897. The van der Waals surface area contributed by atoms with Crippen molar-refractivity contribution in [2.45, 2.75) is 64.5 Å². The molecule has 0 unspecified atom stereocenters. The van der Waals surface area contributed by atoms with E-state index in [0.29, 0.717) is 11.7 Å². The molecule has 2 heterocycles. The van der Waals surface area contributed by atoms with Crippen LogP contribution in [0.3, 0.4) is 0 Å². The van der Waals surface area contributed by atoms with Gasteiger partial charge in [-0.25, -0.2) is 0 Å². The molecule has 1 aliphatic carbocycles. The first kappa shape index (κ1) is 14.5. The highest BCUT2D eigenvalue weighted by Gasteiger charge is 2.36. The van der Waals surface area contributed by atoms with Crippen molar-refractivity contribution >= 4 is 11.6 Å². The molecule has 0 bridgehead atoms. The molecule has 0 aromatic carbocycles. The summed E-state index contributed by atoms with van der Waals surface area (Å²) in [7, 11) is 0. The van der Waals surface area contributed by atoms with Gasteiger partial charge in [0, 0.05) is 24.8 Å². The average Bonchev–Trinajstić information content (AvgIpc) is 2.88. The van der Waals surface area contributed by atoms with Crippen LogP contribution in [0.4, 0.5) is 5.69 Å². The molecule has 2 aliphatic rings. The number of carbonyl (C=O) groups excluding carboxylic acids is 1. The Labute approximate surface area is 127 Å². The van der Waals surface area contributed by atoms with E-state index in [4.69, 9.17) is 5.73 Å². The molecule has 1 aromatic rings. The van der Waals surface area contributed by atoms with Crippen LogP contribution in [0.2, 0.25) is 0 Å². The van der Waals surface area contributed by atoms with Gasteiger partial charge in [-0.3, -0.25) is 4.79 Å². The van der Waals surface area contributed by atoms with Crippen molar-refractivity contribution in [3.63, 3.8) is 0 Å². The summed E-state index contributed by atoms with van der Waals surface area (Å²) in [5.41, 5.74) is 7.37. The molecule has 116 valence electrons. The predicted molar refractivity (Wildman–Crippen MR) is 85.2 cm³/mol. The topological polar surface area (TPSA) is 51.3 Å². The van der Waals surface area contributed by atoms with E-state index < -0.39 is 0 Å². The highest BCUT2D eigenvalue weighted by Crippen LogP contribution is 2.36. The quantitative estimate of drug-likeness (QED) is 0.906. The van der Waals surface area contributed by atoms with Gasteiger partial charge in [-0.2, -0.15) is 0 Å². The molecular weight excluding hydrogens is 262 g/mol. The fraction of sp³-hybridized carbons (Fsp3) is 0.706. The Morgan fingerprint density at radius 1 is 1.24 bits per heavy atom. The second-order valence-corrected chi connectivity index (χ2v) is 6.91. The molecule has 2 fully saturated rings. The summed E-state index contributed by atoms with van der Waals surface area (Å²) >= 11 is 0. The van der Waals surface area contributed by atoms with E-state index in [1.165, 1.54) is 32.1 Å². The van der Waals surface area contributed by atoms with Crippen molar-refractivity contribution in [2.75, 3.05) is 12.3 Å². The van der Waals surface area contributed by atoms with Crippen LogP contribution < -0.4 is 5.73 Å². The van der Waals surface area contributed by atoms with Gasteiger partial charge in [-0.1, -0.05) is 12.8 Å². The van der Waals surface area contributed by atoms with Gasteiger partial charge >= 0.3 is 0 Å². The van der Waals surface area contributed by atoms with E-state index in [1.807, 2.05) is 16.8 Å². The lowest BCUT2D eigenvalue weighted by molar-refractivity contribution is 0.0379. The minimum atomic E-state index is 0.178. The van der Waals surface area contributed by atoms with Crippen molar-refractivity contribution in [1.82, 2.24) is 9.47 Å². The first-order valence-corrected chi connectivity index (χ1v) is 8.36. The van der Waals surface area contributed by atoms with Crippen molar-refractivity contribution in [2.24, 2.45) is 5.92 Å². The number of anilines is 1. The molecule has 4 heteroatoms. The van der Waals surface area contributed by atoms with Gasteiger partial charge < -0.3 is 15.2 Å². The number of nitrogens with zero attached hydrogens (tertiary/aromatic N) is 2. The lowest BCUT2D eigenvalue weighted by Crippen LogP contribution is -2.50. The number of piperidine rings is 1. The van der Waals surface area contributed by atoms with Gasteiger partial charge in [0.2, 0.25) is 0 Å². The van der Waals surface area contributed by atoms with Crippen LogP contribution in [0, 0.1) is 5.92 Å². The molecule has 1 saturated carbocycles. The molecule has 2 atom stereocenters. The number of nitrogen functional groups attached to an aromatic ring is 1. The Morgan fingerprint density at radius 3 is 2.71 bits per heavy atom. The second-order valence-electron chi connectivity index (χ2n) is 6.91. The average molecular weight is 289 g/mol. The van der Waals surface area contributed by atoms with Gasteiger partial charge in [-0.15, -0.1) is 0 Å². The number of hydrogen-bond acceptors (Lipinski definition) is 2. The monoisotopic (exact) mass is 289 g/mol. The second kappa shape index (κ2) is 5.74. The molecule has 0 radical (unpaired) electrons. The third-order valence-corrected chi connectivity index (χ3v) is 5.15. The molecule has 1 aliphatic heterocycles. The maximum atomic E-state index is 13.0. The van der Waals surface area contributed by atoms with E-state index in [0.717, 1.165) is 24.6 Å². The molecule has 4 nitrogen and oxygen atoms in total. The molecule has 0 spiro atoms. The number of aromatic nitrogens is 1. The summed E-state index contributed by atoms with van der Waals surface area (Å²) in [4.78, 5) is 15.2. The van der Waals surface area contributed by atoms with E-state index in [-0.39, 0.29) is 11.9 Å². The van der Waals surface area contributed by atoms with E-state index in [9.17, 15) is 4.79 Å². The highest BCUT2D eigenvalue weighted by molar-refractivity contribution is 5.94. The van der Waals surface area contributed by atoms with Gasteiger partial charge in [0.15, 0.2) is 0 Å². The van der Waals surface area contributed by atoms with Gasteiger partial charge in [0.1, 0.15) is 5.69 Å². The predicted octanol–water partition coefficient (Wildman–Crippen LogP) is 3.45. The van der Waals surface area contributed by atoms with Crippen LogP contribution in [0.5, 0.6) is 0 Å². The van der Waals surface area contributed by atoms with Crippen molar-refractivity contribution < 1.29 is 4.79 Å². The number of likely N-dealkylation sites (tertiary alicyclic amines) is 1. The van der Waals surface area contributed by atoms with Crippen LogP contribution in [-0.2, 0) is 0 Å². The maximum absolute atomic E-state index is 13.0. The third kappa shape index (κ3) is 2.68. The summed E-state index contributed by atoms with van der Waals surface area (Å²) in [6.07, 6.45) is 9.39. The molecule has 1 amide bonds. The summed E-state index contributed by atoms with van der Waals surface area (Å²) in [5, 5.41) is 0. The molecule has 2 N–H and O–H groups in total. The van der Waals surface area contributed by atoms with Crippen LogP contribution in [0.1, 0.15) is 68.9 Å². The fourth-order valence-corrected chi connectivity index (χ4v) is 4.12. The maximum Gasteiger partial charge on any atom is 0.270 e. The van der Waals surface area contributed by atoms with E-state index >= 15 is 0 Å². The minimum absolute atomic E-state index is 0.178. The van der Waals surface area contributed by atoms with Crippen LogP contribution in [0.25, 0.3) is 0 Å². The number of hydrogen-bond donors (Lipinski definition) is 1. The fourth-order valence-electron chi connectivity index (χ4n) is 4.12. The first-order chi connectivity index (χ1) is 10.1. The lowest BCUT2D eigenvalue weighted by atomic mass is 9.78. The SMILES string of the molecule is CC(C)n1cc(N)cc1C(=O)N1CCC[C@H]2CCCC[C@H]21. The van der Waals surface area contributed by atoms with E-state index in [2.05, 4.69) is 18.7 Å². The standard InChI is InChI=1S/C17H27N3O/c1-12(2)20-11-14(18)10-16(20)17(21)19-9-5-7-13-6-3-4-8-15(13)19/h10-13,15H,3-9,18H2,1-2H3/t13-,15-/m1/s1. The Morgan fingerprint density at radius 2 is 1.95 bits per heavy atom. The summed E-state index contributed by atoms with van der Waals surface area (Å²) in [6, 6.07) is 2.55. The minimum Gasteiger partial charge on any atom is -0.397 e. The Hall–Kier alpha value is -1.45. The van der Waals surface area contributed by atoms with Crippen LogP contribution in [-0.4, -0.2) is 28.0 Å². The zero-order valence-electron chi connectivity index (χ0n) is 13.2. The number of carbonyl (C=O) groups is 1. The number of fused-ring (bicyclic) bond motifs is 1.